The molecule has 0 bridgehead atoms. The third kappa shape index (κ3) is 12.8. The molecule has 1 aliphatic carbocycles. The van der Waals surface area contributed by atoms with Gasteiger partial charge < -0.3 is 34.8 Å². The molecule has 0 spiro atoms. The van der Waals surface area contributed by atoms with Crippen molar-refractivity contribution in [2.75, 3.05) is 13.7 Å². The number of rotatable bonds is 18. The van der Waals surface area contributed by atoms with E-state index in [4.69, 9.17) is 9.72 Å². The summed E-state index contributed by atoms with van der Waals surface area (Å²) < 4.78 is 61.5. The van der Waals surface area contributed by atoms with Crippen molar-refractivity contribution in [2.45, 2.75) is 44.4 Å². The number of thiazole rings is 2. The van der Waals surface area contributed by atoms with Gasteiger partial charge in [0.25, 0.3) is 22.9 Å². The normalized spacial score (nSPS) is 12.3. The maximum Gasteiger partial charge on any atom is 0.308 e. The lowest BCUT2D eigenvalue weighted by Crippen LogP contribution is -2.37. The number of aromatic nitrogens is 7. The number of benzene rings is 2. The monoisotopic (exact) mass is 1120 g/mol. The molecular formula is C57H46F4N10O7S2. The highest BCUT2D eigenvalue weighted by atomic mass is 32.1. The molecule has 2 aromatic carbocycles. The molecule has 0 radical (unpaired) electrons. The molecule has 7 aromatic heterocycles. The van der Waals surface area contributed by atoms with E-state index in [1.165, 1.54) is 93.7 Å². The van der Waals surface area contributed by atoms with E-state index >= 15 is 0 Å². The van der Waals surface area contributed by atoms with Crippen LogP contribution in [-0.4, -0.2) is 71.4 Å². The zero-order valence-corrected chi connectivity index (χ0v) is 43.9. The number of esters is 1. The van der Waals surface area contributed by atoms with Crippen molar-refractivity contribution < 1.29 is 41.5 Å². The Morgan fingerprint density at radius 3 is 1.90 bits per heavy atom. The van der Waals surface area contributed by atoms with Gasteiger partial charge in [-0.15, -0.1) is 22.7 Å². The largest absolute Gasteiger partial charge is 0.461 e. The topological polar surface area (TPSA) is 225 Å². The highest BCUT2D eigenvalue weighted by molar-refractivity contribution is 7.10. The Balaban J connectivity index is 0.000000194. The lowest BCUT2D eigenvalue weighted by molar-refractivity contribution is -0.143. The Bertz CT molecular complexity index is 3980. The fourth-order valence-electron chi connectivity index (χ4n) is 8.58. The standard InChI is InChI=1S/C30H24F2N4O4S.C27H22F2N6O3S/c1-2-13-40-27(37)15-25(29-35-26(17-41-29)20-8-10-24-19(20)5-3-11-33-24)34-28(38)21-6-4-12-36(30(21)39)16-18-7-9-22(31)23(32)14-18;1-30-23(36)11-21(26-34-22(14-39-26)18-12-32-24-16(18)4-2-8-31-24)33-25(37)17-5-3-9-35(27(17)38)13-15-6-7-19(28)20(29)10-15/h2-9,11-12,14,17,25H,1,10,13,15-16H2,(H,34,38);2-10,12,14,21H,11,13H2,1H3,(H,30,36)(H,31,32)(H,33,37)/t25-;21-/m11/s1. The fourth-order valence-corrected chi connectivity index (χ4v) is 10.3. The molecule has 9 aromatic rings. The van der Waals surface area contributed by atoms with E-state index in [2.05, 4.69) is 42.5 Å². The zero-order chi connectivity index (χ0) is 56.5. The van der Waals surface area contributed by atoms with Crippen molar-refractivity contribution in [2.24, 2.45) is 0 Å². The molecule has 0 fully saturated rings. The molecule has 80 heavy (non-hydrogen) atoms. The van der Waals surface area contributed by atoms with Gasteiger partial charge in [-0.25, -0.2) is 32.5 Å². The van der Waals surface area contributed by atoms with E-state index in [0.717, 1.165) is 52.0 Å². The molecule has 23 heteroatoms. The van der Waals surface area contributed by atoms with Crippen LogP contribution in [-0.2, 0) is 33.8 Å². The molecular weight excluding hydrogens is 1080 g/mol. The molecule has 0 saturated heterocycles. The molecule has 0 saturated carbocycles. The van der Waals surface area contributed by atoms with Crippen LogP contribution in [0.2, 0.25) is 0 Å². The average Bonchev–Trinajstić information content (AvgIpc) is 4.36. The van der Waals surface area contributed by atoms with Gasteiger partial charge in [0.1, 0.15) is 33.4 Å². The number of carbonyl (C=O) groups excluding carboxylic acids is 4. The molecule has 7 heterocycles. The van der Waals surface area contributed by atoms with Crippen molar-refractivity contribution in [1.82, 2.24) is 50.0 Å². The first-order valence-corrected chi connectivity index (χ1v) is 26.3. The molecule has 10 rings (SSSR count). The molecule has 1 aliphatic rings. The van der Waals surface area contributed by atoms with Gasteiger partial charge in [0.05, 0.1) is 55.1 Å². The summed E-state index contributed by atoms with van der Waals surface area (Å²) in [5.41, 5.74) is 4.80. The van der Waals surface area contributed by atoms with Crippen molar-refractivity contribution in [3.63, 3.8) is 0 Å². The highest BCUT2D eigenvalue weighted by Crippen LogP contribution is 2.35. The van der Waals surface area contributed by atoms with Gasteiger partial charge in [-0.2, -0.15) is 0 Å². The maximum absolute atomic E-state index is 13.7. The zero-order valence-electron chi connectivity index (χ0n) is 42.3. The predicted molar refractivity (Wildman–Crippen MR) is 292 cm³/mol. The van der Waals surface area contributed by atoms with Crippen molar-refractivity contribution >= 4 is 63.0 Å². The van der Waals surface area contributed by atoms with Crippen molar-refractivity contribution in [1.29, 1.82) is 0 Å². The van der Waals surface area contributed by atoms with Crippen LogP contribution in [0.15, 0.2) is 155 Å². The minimum absolute atomic E-state index is 0.00661. The number of nitrogens with zero attached hydrogens (tertiary/aromatic N) is 6. The smallest absolute Gasteiger partial charge is 0.308 e. The SMILES string of the molecule is C=CCOC(=O)C[C@@H](NC(=O)c1cccn(Cc2ccc(F)c(F)c2)c1=O)c1nc(C2=CCc3ncccc32)cs1.CNC(=O)C[C@@H](NC(=O)c1cccn(Cc2ccc(F)c(F)c2)c1=O)c1nc(-c2c[nH]c3ncccc23)cs1. The van der Waals surface area contributed by atoms with Gasteiger partial charge in [-0.3, -0.25) is 33.8 Å². The van der Waals surface area contributed by atoms with Crippen molar-refractivity contribution in [3.05, 3.63) is 239 Å². The van der Waals surface area contributed by atoms with Crippen LogP contribution in [0.25, 0.3) is 27.9 Å². The summed E-state index contributed by atoms with van der Waals surface area (Å²) in [6.45, 7) is 3.41. The lowest BCUT2D eigenvalue weighted by atomic mass is 10.1. The Morgan fingerprint density at radius 1 is 0.725 bits per heavy atom. The van der Waals surface area contributed by atoms with E-state index in [-0.39, 0.29) is 49.6 Å². The quantitative estimate of drug-likeness (QED) is 0.0363. The number of ether oxygens (including phenoxy) is 1. The lowest BCUT2D eigenvalue weighted by Gasteiger charge is -2.16. The van der Waals surface area contributed by atoms with Crippen LogP contribution < -0.4 is 27.1 Å². The maximum atomic E-state index is 13.7. The third-order valence-electron chi connectivity index (χ3n) is 12.5. The number of amides is 3. The fraction of sp³-hybridized carbons (Fsp3) is 0.158. The molecule has 406 valence electrons. The van der Waals surface area contributed by atoms with Crippen LogP contribution in [0.1, 0.15) is 83.7 Å². The highest BCUT2D eigenvalue weighted by Gasteiger charge is 2.28. The number of aromatic amines is 1. The predicted octanol–water partition coefficient (Wildman–Crippen LogP) is 8.39. The molecule has 4 N–H and O–H groups in total. The second-order valence-corrected chi connectivity index (χ2v) is 19.7. The number of allylic oxidation sites excluding steroid dienone is 1. The Kier molecular flexibility index (Phi) is 17.2. The first-order valence-electron chi connectivity index (χ1n) is 24.5. The first kappa shape index (κ1) is 55.3. The number of carbonyl (C=O) groups is 4. The summed E-state index contributed by atoms with van der Waals surface area (Å²) in [7, 11) is 1.49. The second kappa shape index (κ2) is 24.9. The Labute approximate surface area is 460 Å². The summed E-state index contributed by atoms with van der Waals surface area (Å²) in [4.78, 5) is 98.8. The number of pyridine rings is 4. The van der Waals surface area contributed by atoms with Gasteiger partial charge >= 0.3 is 5.97 Å². The summed E-state index contributed by atoms with van der Waals surface area (Å²) in [5.74, 6) is -6.37. The van der Waals surface area contributed by atoms with Crippen molar-refractivity contribution in [3.8, 4) is 11.3 Å². The molecule has 17 nitrogen and oxygen atoms in total. The molecule has 0 aliphatic heterocycles. The van der Waals surface area contributed by atoms with Crippen LogP contribution in [0.4, 0.5) is 17.6 Å². The Morgan fingerprint density at radius 2 is 1.30 bits per heavy atom. The minimum Gasteiger partial charge on any atom is -0.461 e. The molecule has 0 unspecified atom stereocenters. The second-order valence-electron chi connectivity index (χ2n) is 17.9. The number of hydrogen-bond donors (Lipinski definition) is 4. The van der Waals surface area contributed by atoms with Crippen LogP contribution in [0.3, 0.4) is 0 Å². The van der Waals surface area contributed by atoms with Gasteiger partial charge in [0.2, 0.25) is 5.91 Å². The van der Waals surface area contributed by atoms with Crippen LogP contribution in [0, 0.1) is 23.3 Å². The summed E-state index contributed by atoms with van der Waals surface area (Å²) in [6, 6.07) is 18.3. The summed E-state index contributed by atoms with van der Waals surface area (Å²) in [6.07, 6.45) is 11.9. The van der Waals surface area contributed by atoms with Gasteiger partial charge in [0.15, 0.2) is 23.3 Å². The van der Waals surface area contributed by atoms with Gasteiger partial charge in [0, 0.05) is 77.3 Å². The number of hydrogen-bond acceptors (Lipinski definition) is 13. The van der Waals surface area contributed by atoms with Crippen LogP contribution >= 0.6 is 22.7 Å². The third-order valence-corrected chi connectivity index (χ3v) is 14.5. The Hall–Kier alpha value is -9.48. The summed E-state index contributed by atoms with van der Waals surface area (Å²) >= 11 is 2.55. The van der Waals surface area contributed by atoms with E-state index < -0.39 is 64.3 Å². The minimum atomic E-state index is -1.04. The molecule has 2 atom stereocenters. The van der Waals surface area contributed by atoms with Crippen LogP contribution in [0.5, 0.6) is 0 Å². The molecule has 3 amide bonds. The first-order chi connectivity index (χ1) is 38.7. The van der Waals surface area contributed by atoms with E-state index in [1.54, 1.807) is 18.6 Å². The number of nitrogens with one attached hydrogen (secondary N) is 4. The number of fused-ring (bicyclic) bond motifs is 2. The van der Waals surface area contributed by atoms with E-state index in [9.17, 15) is 46.3 Å². The van der Waals surface area contributed by atoms with E-state index in [1.807, 2.05) is 41.1 Å². The van der Waals surface area contributed by atoms with Gasteiger partial charge in [-0.1, -0.05) is 36.9 Å². The summed E-state index contributed by atoms with van der Waals surface area (Å²) in [5, 5.41) is 13.6. The number of H-pyrrole nitrogens is 1. The van der Waals surface area contributed by atoms with E-state index in [0.29, 0.717) is 44.6 Å². The number of halogens is 4. The van der Waals surface area contributed by atoms with Gasteiger partial charge in [-0.05, 0) is 77.9 Å². The average molecular weight is 1120 g/mol.